The van der Waals surface area contributed by atoms with Crippen molar-refractivity contribution < 1.29 is 9.53 Å². The summed E-state index contributed by atoms with van der Waals surface area (Å²) < 4.78 is 6.74. The van der Waals surface area contributed by atoms with E-state index < -0.39 is 0 Å². The van der Waals surface area contributed by atoms with Crippen LogP contribution in [0.4, 0.5) is 5.69 Å². The highest BCUT2D eigenvalue weighted by Crippen LogP contribution is 2.18. The molecule has 1 aliphatic heterocycles. The molecule has 2 aromatic rings. The van der Waals surface area contributed by atoms with E-state index in [9.17, 15) is 4.79 Å². The molecule has 24 heavy (non-hydrogen) atoms. The average molecular weight is 409 g/mol. The van der Waals surface area contributed by atoms with Gasteiger partial charge in [-0.3, -0.25) is 9.69 Å². The molecule has 1 fully saturated rings. The molecular formula is C18H21BrN2O2S. The van der Waals surface area contributed by atoms with Crippen LogP contribution in [0.1, 0.15) is 17.7 Å². The maximum Gasteiger partial charge on any atom is 0.238 e. The molecule has 0 radical (unpaired) electrons. The van der Waals surface area contributed by atoms with Gasteiger partial charge in [0.1, 0.15) is 0 Å². The highest BCUT2D eigenvalue weighted by Gasteiger charge is 2.21. The number of carbonyl (C=O) groups is 1. The van der Waals surface area contributed by atoms with Gasteiger partial charge in [-0.15, -0.1) is 11.3 Å². The fourth-order valence-corrected chi connectivity index (χ4v) is 3.83. The van der Waals surface area contributed by atoms with Gasteiger partial charge in [0.05, 0.1) is 12.6 Å². The van der Waals surface area contributed by atoms with Crippen LogP contribution >= 0.6 is 27.3 Å². The summed E-state index contributed by atoms with van der Waals surface area (Å²) >= 11 is 5.12. The van der Waals surface area contributed by atoms with Crippen LogP contribution in [0.2, 0.25) is 0 Å². The van der Waals surface area contributed by atoms with Crippen molar-refractivity contribution in [2.75, 3.05) is 25.0 Å². The summed E-state index contributed by atoms with van der Waals surface area (Å²) in [6.07, 6.45) is 2.43. The molecule has 4 nitrogen and oxygen atoms in total. The Morgan fingerprint density at radius 1 is 1.33 bits per heavy atom. The topological polar surface area (TPSA) is 41.6 Å². The molecule has 3 rings (SSSR count). The summed E-state index contributed by atoms with van der Waals surface area (Å²) in [7, 11) is 0. The normalized spacial score (nSPS) is 17.3. The first-order valence-corrected chi connectivity index (χ1v) is 9.78. The van der Waals surface area contributed by atoms with Crippen LogP contribution in [0, 0.1) is 0 Å². The Labute approximate surface area is 154 Å². The molecule has 6 heteroatoms. The van der Waals surface area contributed by atoms with Crippen molar-refractivity contribution in [2.24, 2.45) is 0 Å². The Bertz CT molecular complexity index is 640. The zero-order valence-electron chi connectivity index (χ0n) is 13.4. The second kappa shape index (κ2) is 8.76. The molecule has 1 atom stereocenters. The number of rotatable bonds is 7. The molecule has 1 aliphatic rings. The van der Waals surface area contributed by atoms with Gasteiger partial charge in [0, 0.05) is 34.7 Å². The zero-order valence-corrected chi connectivity index (χ0v) is 15.8. The first-order chi connectivity index (χ1) is 11.7. The van der Waals surface area contributed by atoms with Crippen molar-refractivity contribution in [3.8, 4) is 0 Å². The van der Waals surface area contributed by atoms with Gasteiger partial charge < -0.3 is 10.1 Å². The fraction of sp³-hybridized carbons (Fsp3) is 0.389. The van der Waals surface area contributed by atoms with E-state index in [1.54, 1.807) is 11.3 Å². The van der Waals surface area contributed by atoms with Gasteiger partial charge in [-0.05, 0) is 48.6 Å². The molecule has 2 heterocycles. The third kappa shape index (κ3) is 5.41. The van der Waals surface area contributed by atoms with Gasteiger partial charge in [-0.25, -0.2) is 0 Å². The number of halogens is 1. The lowest BCUT2D eigenvalue weighted by Crippen LogP contribution is -2.37. The summed E-state index contributed by atoms with van der Waals surface area (Å²) in [6.45, 7) is 2.79. The third-order valence-electron chi connectivity index (χ3n) is 3.94. The maximum atomic E-state index is 12.4. The SMILES string of the molecule is O=C(CN(Cc1cccs1)CC1CCCO1)Nc1ccc(Br)cc1. The Hall–Kier alpha value is -1.21. The molecule has 1 amide bonds. The smallest absolute Gasteiger partial charge is 0.238 e. The second-order valence-electron chi connectivity index (χ2n) is 5.94. The van der Waals surface area contributed by atoms with Crippen molar-refractivity contribution in [2.45, 2.75) is 25.5 Å². The number of anilines is 1. The fourth-order valence-electron chi connectivity index (χ4n) is 2.82. The van der Waals surface area contributed by atoms with Crippen LogP contribution in [0.5, 0.6) is 0 Å². The van der Waals surface area contributed by atoms with E-state index in [1.807, 2.05) is 30.3 Å². The van der Waals surface area contributed by atoms with Gasteiger partial charge in [0.15, 0.2) is 0 Å². The van der Waals surface area contributed by atoms with Gasteiger partial charge in [0.2, 0.25) is 5.91 Å². The highest BCUT2D eigenvalue weighted by molar-refractivity contribution is 9.10. The molecule has 1 N–H and O–H groups in total. The van der Waals surface area contributed by atoms with E-state index in [2.05, 4.69) is 37.6 Å². The van der Waals surface area contributed by atoms with Crippen molar-refractivity contribution in [3.05, 3.63) is 51.1 Å². The lowest BCUT2D eigenvalue weighted by molar-refractivity contribution is -0.117. The largest absolute Gasteiger partial charge is 0.377 e. The zero-order chi connectivity index (χ0) is 16.8. The Morgan fingerprint density at radius 2 is 2.17 bits per heavy atom. The summed E-state index contributed by atoms with van der Waals surface area (Å²) in [5.41, 5.74) is 0.816. The predicted molar refractivity (Wildman–Crippen MR) is 101 cm³/mol. The monoisotopic (exact) mass is 408 g/mol. The predicted octanol–water partition coefficient (Wildman–Crippen LogP) is 4.13. The van der Waals surface area contributed by atoms with E-state index >= 15 is 0 Å². The van der Waals surface area contributed by atoms with Crippen molar-refractivity contribution in [3.63, 3.8) is 0 Å². The van der Waals surface area contributed by atoms with Gasteiger partial charge in [-0.2, -0.15) is 0 Å². The quantitative estimate of drug-likeness (QED) is 0.748. The van der Waals surface area contributed by atoms with E-state index in [1.165, 1.54) is 4.88 Å². The molecule has 0 saturated carbocycles. The molecule has 1 saturated heterocycles. The Morgan fingerprint density at radius 3 is 2.83 bits per heavy atom. The number of benzene rings is 1. The van der Waals surface area contributed by atoms with Crippen LogP contribution in [0.25, 0.3) is 0 Å². The molecule has 0 bridgehead atoms. The minimum absolute atomic E-state index is 0.00637. The van der Waals surface area contributed by atoms with E-state index in [0.29, 0.717) is 6.54 Å². The number of hydrogen-bond donors (Lipinski definition) is 1. The Kier molecular flexibility index (Phi) is 6.43. The molecule has 128 valence electrons. The number of nitrogens with one attached hydrogen (secondary N) is 1. The summed E-state index contributed by atoms with van der Waals surface area (Å²) in [6, 6.07) is 11.8. The summed E-state index contributed by atoms with van der Waals surface area (Å²) in [5.74, 6) is 0.00637. The average Bonchev–Trinajstić information content (AvgIpc) is 3.23. The number of ether oxygens (including phenoxy) is 1. The van der Waals surface area contributed by atoms with Crippen LogP contribution in [0.15, 0.2) is 46.3 Å². The molecule has 0 aliphatic carbocycles. The summed E-state index contributed by atoms with van der Waals surface area (Å²) in [5, 5.41) is 5.04. The number of carbonyl (C=O) groups excluding carboxylic acids is 1. The maximum absolute atomic E-state index is 12.4. The number of amides is 1. The minimum atomic E-state index is 0.00637. The van der Waals surface area contributed by atoms with Crippen LogP contribution in [-0.4, -0.2) is 36.6 Å². The number of thiophene rings is 1. The van der Waals surface area contributed by atoms with Gasteiger partial charge in [0.25, 0.3) is 0 Å². The van der Waals surface area contributed by atoms with Crippen molar-refractivity contribution in [1.82, 2.24) is 4.90 Å². The first-order valence-electron chi connectivity index (χ1n) is 8.11. The minimum Gasteiger partial charge on any atom is -0.377 e. The van der Waals surface area contributed by atoms with Crippen LogP contribution < -0.4 is 5.32 Å². The third-order valence-corrected chi connectivity index (χ3v) is 5.33. The van der Waals surface area contributed by atoms with Crippen molar-refractivity contribution >= 4 is 38.9 Å². The van der Waals surface area contributed by atoms with Crippen molar-refractivity contribution in [1.29, 1.82) is 0 Å². The van der Waals surface area contributed by atoms with Gasteiger partial charge in [-0.1, -0.05) is 22.0 Å². The highest BCUT2D eigenvalue weighted by atomic mass is 79.9. The van der Waals surface area contributed by atoms with Gasteiger partial charge >= 0.3 is 0 Å². The van der Waals surface area contributed by atoms with E-state index in [-0.39, 0.29) is 12.0 Å². The standard InChI is InChI=1S/C18H21BrN2O2S/c19-14-5-7-15(8-6-14)20-18(22)13-21(11-16-3-1-9-23-16)12-17-4-2-10-24-17/h2,4-8,10,16H,1,3,9,11-13H2,(H,20,22). The molecule has 1 unspecified atom stereocenters. The lowest BCUT2D eigenvalue weighted by atomic mass is 10.2. The van der Waals surface area contributed by atoms with E-state index in [0.717, 1.165) is 42.7 Å². The van der Waals surface area contributed by atoms with Crippen LogP contribution in [0.3, 0.4) is 0 Å². The number of nitrogens with zero attached hydrogens (tertiary/aromatic N) is 1. The Balaban J connectivity index is 1.58. The molecule has 1 aromatic carbocycles. The number of hydrogen-bond acceptors (Lipinski definition) is 4. The lowest BCUT2D eigenvalue weighted by Gasteiger charge is -2.24. The molecular weight excluding hydrogens is 388 g/mol. The summed E-state index contributed by atoms with van der Waals surface area (Å²) in [4.78, 5) is 15.9. The van der Waals surface area contributed by atoms with E-state index in [4.69, 9.17) is 4.74 Å². The van der Waals surface area contributed by atoms with Crippen LogP contribution in [-0.2, 0) is 16.1 Å². The molecule has 0 spiro atoms. The first kappa shape index (κ1) is 17.6. The molecule has 1 aromatic heterocycles. The second-order valence-corrected chi connectivity index (χ2v) is 7.89.